The van der Waals surface area contributed by atoms with E-state index in [0.29, 0.717) is 0 Å². The number of benzene rings is 1. The van der Waals surface area contributed by atoms with E-state index in [4.69, 9.17) is 0 Å². The third kappa shape index (κ3) is 2.99. The first-order valence-electron chi connectivity index (χ1n) is 3.74. The molecule has 1 rings (SSSR count). The molecular weight excluding hydrogens is 184 g/mol. The van der Waals surface area contributed by atoms with Gasteiger partial charge in [-0.25, -0.2) is 4.79 Å². The molecule has 1 aromatic rings. The summed E-state index contributed by atoms with van der Waals surface area (Å²) in [5.41, 5.74) is 0.763. The fourth-order valence-electron chi connectivity index (χ4n) is 0.850. The van der Waals surface area contributed by atoms with Crippen molar-refractivity contribution in [2.24, 2.45) is 0 Å². The number of rotatable bonds is 2. The van der Waals surface area contributed by atoms with Gasteiger partial charge in [-0.3, -0.25) is 0 Å². The van der Waals surface area contributed by atoms with Gasteiger partial charge in [-0.2, -0.15) is 0 Å². The van der Waals surface area contributed by atoms with Gasteiger partial charge in [-0.1, -0.05) is 0 Å². The van der Waals surface area contributed by atoms with Crippen LogP contribution in [0.1, 0.15) is 0 Å². The average molecular weight is 195 g/mol. The maximum atomic E-state index is 10.8. The number of thioether (sulfide) groups is 1. The molecule has 0 aromatic heterocycles. The number of anilines is 1. The van der Waals surface area contributed by atoms with Gasteiger partial charge in [-0.15, -0.1) is 11.8 Å². The van der Waals surface area contributed by atoms with Gasteiger partial charge in [0.2, 0.25) is 0 Å². The Bertz CT molecular complexity index is 284. The molecule has 0 aliphatic rings. The monoisotopic (exact) mass is 195 g/mol. The summed E-state index contributed by atoms with van der Waals surface area (Å²) in [7, 11) is 3.25. The predicted octanol–water partition coefficient (Wildman–Crippen LogP) is 2.32. The first kappa shape index (κ1) is 9.92. The fourth-order valence-corrected chi connectivity index (χ4v) is 1.26. The Labute approximate surface area is 81.9 Å². The number of amides is 2. The Kier molecular flexibility index (Phi) is 3.64. The average Bonchev–Trinajstić information content (AvgIpc) is 2.19. The van der Waals surface area contributed by atoms with Crippen molar-refractivity contribution in [1.82, 2.24) is 5.32 Å². The lowest BCUT2D eigenvalue weighted by atomic mass is 10.3. The van der Waals surface area contributed by atoms with E-state index < -0.39 is 0 Å². The highest BCUT2D eigenvalue weighted by Crippen LogP contribution is 2.17. The predicted molar refractivity (Wildman–Crippen MR) is 55.7 cm³/mol. The zero-order chi connectivity index (χ0) is 9.68. The molecule has 0 saturated heterocycles. The van der Waals surface area contributed by atoms with E-state index in [-0.39, 0.29) is 6.03 Å². The second-order valence-corrected chi connectivity index (χ2v) is 3.24. The minimum Gasteiger partial charge on any atom is -0.336 e. The van der Waals surface area contributed by atoms with Gasteiger partial charge >= 0.3 is 6.03 Å². The van der Waals surface area contributed by atoms with E-state index in [1.165, 1.54) is 4.90 Å². The lowest BCUT2D eigenvalue weighted by Crippen LogP contribution is -2.22. The van der Waals surface area contributed by atoms with Gasteiger partial charge in [-0.05, 0) is 30.5 Å². The van der Waals surface area contributed by atoms with Crippen molar-refractivity contribution >= 4 is 23.5 Å². The molecule has 0 atom stereocenters. The zero-order valence-corrected chi connectivity index (χ0v) is 8.15. The number of carbonyl (C=O) groups is 1. The number of nitrogens with one attached hydrogen (secondary N) is 2. The van der Waals surface area contributed by atoms with E-state index >= 15 is 0 Å². The highest BCUT2D eigenvalue weighted by molar-refractivity contribution is 7.98. The van der Waals surface area contributed by atoms with Gasteiger partial charge in [0, 0.05) is 17.6 Å². The van der Waals surface area contributed by atoms with Crippen LogP contribution in [0, 0.1) is 7.05 Å². The molecule has 0 saturated carbocycles. The van der Waals surface area contributed by atoms with E-state index in [1.807, 2.05) is 30.5 Å². The summed E-state index contributed by atoms with van der Waals surface area (Å²) in [6.45, 7) is 0. The normalized spacial score (nSPS) is 9.38. The van der Waals surface area contributed by atoms with Gasteiger partial charge < -0.3 is 10.6 Å². The van der Waals surface area contributed by atoms with Crippen molar-refractivity contribution < 1.29 is 4.79 Å². The molecule has 69 valence electrons. The largest absolute Gasteiger partial charge is 0.336 e. The molecule has 0 aliphatic heterocycles. The van der Waals surface area contributed by atoms with Gasteiger partial charge in [0.05, 0.1) is 0 Å². The summed E-state index contributed by atoms with van der Waals surface area (Å²) in [6, 6.07) is 7.28. The number of carbonyl (C=O) groups excluding carboxylic acids is 1. The van der Waals surface area contributed by atoms with Crippen LogP contribution in [-0.4, -0.2) is 12.3 Å². The molecule has 13 heavy (non-hydrogen) atoms. The van der Waals surface area contributed by atoms with Gasteiger partial charge in [0.1, 0.15) is 0 Å². The van der Waals surface area contributed by atoms with E-state index in [9.17, 15) is 4.79 Å². The molecule has 1 aromatic carbocycles. The summed E-state index contributed by atoms with van der Waals surface area (Å²) in [6.07, 6.45) is 2.01. The van der Waals surface area contributed by atoms with Crippen molar-refractivity contribution in [2.45, 2.75) is 4.90 Å². The van der Waals surface area contributed by atoms with Crippen LogP contribution in [0.4, 0.5) is 10.5 Å². The second-order valence-electron chi connectivity index (χ2n) is 2.36. The van der Waals surface area contributed by atoms with Crippen molar-refractivity contribution in [3.8, 4) is 0 Å². The van der Waals surface area contributed by atoms with E-state index in [2.05, 4.69) is 17.7 Å². The van der Waals surface area contributed by atoms with Crippen LogP contribution in [-0.2, 0) is 0 Å². The molecule has 2 amide bonds. The number of hydrogen-bond acceptors (Lipinski definition) is 2. The SMILES string of the molecule is [CH2]NC(=O)Nc1ccc(SC)cc1. The van der Waals surface area contributed by atoms with Crippen molar-refractivity contribution in [2.75, 3.05) is 11.6 Å². The fraction of sp³-hybridized carbons (Fsp3) is 0.111. The molecule has 0 spiro atoms. The quantitative estimate of drug-likeness (QED) is 0.711. The Balaban J connectivity index is 2.64. The Morgan fingerprint density at radius 3 is 2.46 bits per heavy atom. The van der Waals surface area contributed by atoms with Gasteiger partial charge in [0.25, 0.3) is 0 Å². The molecule has 0 aliphatic carbocycles. The van der Waals surface area contributed by atoms with Crippen LogP contribution in [0.2, 0.25) is 0 Å². The molecule has 0 bridgehead atoms. The highest BCUT2D eigenvalue weighted by atomic mass is 32.2. The van der Waals surface area contributed by atoms with Crippen LogP contribution in [0.15, 0.2) is 29.2 Å². The Morgan fingerprint density at radius 1 is 1.38 bits per heavy atom. The molecule has 3 nitrogen and oxygen atoms in total. The Morgan fingerprint density at radius 2 is 2.00 bits per heavy atom. The topological polar surface area (TPSA) is 41.1 Å². The van der Waals surface area contributed by atoms with Crippen molar-refractivity contribution in [3.63, 3.8) is 0 Å². The minimum absolute atomic E-state index is 0.308. The van der Waals surface area contributed by atoms with Crippen LogP contribution < -0.4 is 10.6 Å². The molecule has 2 N–H and O–H groups in total. The van der Waals surface area contributed by atoms with E-state index in [1.54, 1.807) is 11.8 Å². The summed E-state index contributed by atoms with van der Waals surface area (Å²) >= 11 is 1.66. The van der Waals surface area contributed by atoms with Gasteiger partial charge in [0.15, 0.2) is 0 Å². The standard InChI is InChI=1S/C9H11N2OS/c1-10-9(12)11-7-3-5-8(13-2)6-4-7/h3-6H,1H2,2H3,(H2,10,11,12). The first-order chi connectivity index (χ1) is 6.26. The summed E-state index contributed by atoms with van der Waals surface area (Å²) in [5.74, 6) is 0. The maximum absolute atomic E-state index is 10.8. The highest BCUT2D eigenvalue weighted by Gasteiger charge is 1.97. The lowest BCUT2D eigenvalue weighted by Gasteiger charge is -2.04. The number of urea groups is 1. The third-order valence-electron chi connectivity index (χ3n) is 1.51. The number of hydrogen-bond donors (Lipinski definition) is 2. The Hall–Kier alpha value is -1.16. The molecule has 4 heteroatoms. The third-order valence-corrected chi connectivity index (χ3v) is 2.25. The van der Waals surface area contributed by atoms with Crippen molar-refractivity contribution in [3.05, 3.63) is 31.3 Å². The first-order valence-corrected chi connectivity index (χ1v) is 4.97. The molecule has 1 radical (unpaired) electrons. The molecular formula is C9H11N2OS. The summed E-state index contributed by atoms with van der Waals surface area (Å²) in [4.78, 5) is 12.0. The molecule has 0 heterocycles. The lowest BCUT2D eigenvalue weighted by molar-refractivity contribution is 0.255. The maximum Gasteiger partial charge on any atom is 0.319 e. The van der Waals surface area contributed by atoms with E-state index in [0.717, 1.165) is 5.69 Å². The summed E-state index contributed by atoms with van der Waals surface area (Å²) in [5, 5.41) is 4.86. The van der Waals surface area contributed by atoms with Crippen LogP contribution in [0.25, 0.3) is 0 Å². The van der Waals surface area contributed by atoms with Crippen LogP contribution in [0.5, 0.6) is 0 Å². The zero-order valence-electron chi connectivity index (χ0n) is 7.33. The van der Waals surface area contributed by atoms with Crippen LogP contribution >= 0.6 is 11.8 Å². The van der Waals surface area contributed by atoms with Crippen LogP contribution in [0.3, 0.4) is 0 Å². The molecule has 0 unspecified atom stereocenters. The second kappa shape index (κ2) is 4.77. The summed E-state index contributed by atoms with van der Waals surface area (Å²) < 4.78 is 0. The smallest absolute Gasteiger partial charge is 0.319 e. The molecule has 0 fully saturated rings. The minimum atomic E-state index is -0.308. The van der Waals surface area contributed by atoms with Crippen molar-refractivity contribution in [1.29, 1.82) is 0 Å².